The Morgan fingerprint density at radius 3 is 2.43 bits per heavy atom. The van der Waals surface area contributed by atoms with E-state index in [0.29, 0.717) is 36.8 Å². The number of rotatable bonds is 4. The summed E-state index contributed by atoms with van der Waals surface area (Å²) in [6.07, 6.45) is 3.33. The molecule has 8 heteroatoms. The van der Waals surface area contributed by atoms with Gasteiger partial charge in [-0.3, -0.25) is 9.59 Å². The zero-order valence-electron chi connectivity index (χ0n) is 19.5. The predicted molar refractivity (Wildman–Crippen MR) is 134 cm³/mol. The molecular weight excluding hydrogens is 464 g/mol. The van der Waals surface area contributed by atoms with Crippen molar-refractivity contribution in [2.24, 2.45) is 5.92 Å². The molecule has 0 radical (unpaired) electrons. The molecule has 2 saturated heterocycles. The number of carbonyl (C=O) groups is 2. The van der Waals surface area contributed by atoms with Crippen molar-refractivity contribution in [3.63, 3.8) is 0 Å². The van der Waals surface area contributed by atoms with Crippen molar-refractivity contribution in [1.82, 2.24) is 10.1 Å². The zero-order valence-corrected chi connectivity index (χ0v) is 20.2. The third kappa shape index (κ3) is 4.18. The fraction of sp³-hybridized carbons (Fsp3) is 0.370. The second kappa shape index (κ2) is 9.04. The number of hydrogen-bond acceptors (Lipinski definition) is 5. The van der Waals surface area contributed by atoms with Crippen molar-refractivity contribution in [1.29, 1.82) is 0 Å². The number of carbonyl (C=O) groups excluding carboxylic acids is 2. The summed E-state index contributed by atoms with van der Waals surface area (Å²) in [5.41, 5.74) is 4.77. The highest BCUT2D eigenvalue weighted by Crippen LogP contribution is 2.34. The summed E-state index contributed by atoms with van der Waals surface area (Å²) >= 11 is 6.03. The summed E-state index contributed by atoms with van der Waals surface area (Å²) in [6.45, 7) is 3.60. The lowest BCUT2D eigenvalue weighted by atomic mass is 9.99. The Bertz CT molecular complexity index is 1250. The number of fused-ring (bicyclic) bond motifs is 1. The van der Waals surface area contributed by atoms with E-state index in [1.54, 1.807) is 4.90 Å². The van der Waals surface area contributed by atoms with E-state index in [9.17, 15) is 9.59 Å². The lowest BCUT2D eigenvalue weighted by Crippen LogP contribution is -2.40. The molecule has 3 aliphatic heterocycles. The van der Waals surface area contributed by atoms with Gasteiger partial charge in [-0.1, -0.05) is 16.8 Å². The monoisotopic (exact) mass is 490 g/mol. The first-order valence-corrected chi connectivity index (χ1v) is 12.6. The van der Waals surface area contributed by atoms with Crippen molar-refractivity contribution in [3.05, 3.63) is 64.8 Å². The quantitative estimate of drug-likeness (QED) is 0.537. The number of anilines is 2. The maximum Gasteiger partial charge on any atom is 0.228 e. The normalized spacial score (nSPS) is 20.0. The second-order valence-electron chi connectivity index (χ2n) is 9.57. The van der Waals surface area contributed by atoms with Crippen LogP contribution >= 0.6 is 11.6 Å². The van der Waals surface area contributed by atoms with Gasteiger partial charge in [0.15, 0.2) is 5.76 Å². The Hall–Kier alpha value is -3.32. The minimum atomic E-state index is -0.346. The van der Waals surface area contributed by atoms with Crippen molar-refractivity contribution in [3.8, 4) is 11.3 Å². The number of benzene rings is 2. The van der Waals surface area contributed by atoms with E-state index < -0.39 is 0 Å². The molecule has 3 aromatic rings. The molecule has 0 spiro atoms. The van der Waals surface area contributed by atoms with E-state index in [2.05, 4.69) is 22.2 Å². The number of halogens is 1. The summed E-state index contributed by atoms with van der Waals surface area (Å²) in [7, 11) is 0. The molecule has 0 aliphatic carbocycles. The van der Waals surface area contributed by atoms with Crippen molar-refractivity contribution < 1.29 is 14.1 Å². The molecule has 0 saturated carbocycles. The average Bonchev–Trinajstić information content (AvgIpc) is 3.64. The number of nitrogens with zero attached hydrogens (tertiary/aromatic N) is 4. The van der Waals surface area contributed by atoms with Crippen LogP contribution < -0.4 is 9.80 Å². The molecule has 35 heavy (non-hydrogen) atoms. The highest BCUT2D eigenvalue weighted by atomic mass is 35.5. The van der Waals surface area contributed by atoms with Gasteiger partial charge in [0.2, 0.25) is 11.8 Å². The Kier molecular flexibility index (Phi) is 5.72. The molecule has 0 bridgehead atoms. The first kappa shape index (κ1) is 22.2. The van der Waals surface area contributed by atoms with Gasteiger partial charge >= 0.3 is 0 Å². The van der Waals surface area contributed by atoms with Crippen LogP contribution in [0.25, 0.3) is 11.3 Å². The van der Waals surface area contributed by atoms with E-state index in [-0.39, 0.29) is 24.2 Å². The van der Waals surface area contributed by atoms with Crippen LogP contribution in [-0.2, 0) is 22.6 Å². The fourth-order valence-corrected chi connectivity index (χ4v) is 5.55. The van der Waals surface area contributed by atoms with E-state index in [1.807, 2.05) is 41.3 Å². The van der Waals surface area contributed by atoms with Crippen LogP contribution in [0.5, 0.6) is 0 Å². The molecule has 180 valence electrons. The Morgan fingerprint density at radius 1 is 0.971 bits per heavy atom. The van der Waals surface area contributed by atoms with Gasteiger partial charge in [0.1, 0.15) is 0 Å². The molecular formula is C27H27ClN4O3. The Morgan fingerprint density at radius 2 is 1.69 bits per heavy atom. The fourth-order valence-electron chi connectivity index (χ4n) is 5.43. The van der Waals surface area contributed by atoms with Gasteiger partial charge in [-0.2, -0.15) is 0 Å². The summed E-state index contributed by atoms with van der Waals surface area (Å²) in [5, 5.41) is 4.89. The van der Waals surface area contributed by atoms with Crippen LogP contribution in [0.15, 0.2) is 53.1 Å². The van der Waals surface area contributed by atoms with Crippen LogP contribution in [-0.4, -0.2) is 48.0 Å². The molecule has 1 atom stereocenters. The molecule has 2 aromatic carbocycles. The number of amides is 2. The molecule has 6 rings (SSSR count). The largest absolute Gasteiger partial charge is 0.372 e. The van der Waals surface area contributed by atoms with E-state index >= 15 is 0 Å². The summed E-state index contributed by atoms with van der Waals surface area (Å²) in [6, 6.07) is 15.6. The van der Waals surface area contributed by atoms with Crippen LogP contribution in [0.3, 0.4) is 0 Å². The van der Waals surface area contributed by atoms with E-state index in [0.717, 1.165) is 35.6 Å². The topological polar surface area (TPSA) is 69.9 Å². The van der Waals surface area contributed by atoms with Gasteiger partial charge in [0.05, 0.1) is 18.2 Å². The van der Waals surface area contributed by atoms with Crippen LogP contribution in [0.2, 0.25) is 5.02 Å². The zero-order chi connectivity index (χ0) is 23.9. The van der Waals surface area contributed by atoms with Crippen LogP contribution in [0.4, 0.5) is 11.4 Å². The van der Waals surface area contributed by atoms with Gasteiger partial charge in [-0.15, -0.1) is 0 Å². The summed E-state index contributed by atoms with van der Waals surface area (Å²) in [4.78, 5) is 32.3. The molecule has 0 N–H and O–H groups in total. The lowest BCUT2D eigenvalue weighted by Gasteiger charge is -2.28. The van der Waals surface area contributed by atoms with Crippen molar-refractivity contribution in [2.45, 2.75) is 32.2 Å². The van der Waals surface area contributed by atoms with Crippen LogP contribution in [0.1, 0.15) is 30.5 Å². The minimum Gasteiger partial charge on any atom is -0.372 e. The van der Waals surface area contributed by atoms with E-state index in [1.165, 1.54) is 18.5 Å². The second-order valence-corrected chi connectivity index (χ2v) is 10.0. The molecule has 3 aliphatic rings. The Labute approximate surface area is 209 Å². The Balaban J connectivity index is 1.15. The third-order valence-electron chi connectivity index (χ3n) is 7.36. The van der Waals surface area contributed by atoms with Crippen LogP contribution in [0, 0.1) is 5.92 Å². The third-order valence-corrected chi connectivity index (χ3v) is 7.61. The van der Waals surface area contributed by atoms with Gasteiger partial charge in [-0.25, -0.2) is 0 Å². The molecule has 4 heterocycles. The lowest BCUT2D eigenvalue weighted by molar-refractivity contribution is -0.136. The average molecular weight is 491 g/mol. The van der Waals surface area contributed by atoms with Gasteiger partial charge < -0.3 is 19.2 Å². The van der Waals surface area contributed by atoms with Gasteiger partial charge in [0.25, 0.3) is 0 Å². The van der Waals surface area contributed by atoms with Gasteiger partial charge in [0, 0.05) is 66.5 Å². The maximum absolute atomic E-state index is 13.4. The van der Waals surface area contributed by atoms with Crippen molar-refractivity contribution >= 4 is 34.8 Å². The van der Waals surface area contributed by atoms with E-state index in [4.69, 9.17) is 16.1 Å². The standard InChI is InChI=1S/C27H27ClN4O3/c28-20-5-3-18(4-6-20)26-23-17-31(14-11-24(23)29-35-26)27(34)19-15-25(33)32(16-19)22-9-7-21(8-10-22)30-12-1-2-13-30/h3-10,19H,1-2,11-17H2. The summed E-state index contributed by atoms with van der Waals surface area (Å²) in [5.74, 6) is 0.350. The SMILES string of the molecule is O=C(C1CC(=O)N(c2ccc(N3CCCC3)cc2)C1)N1CCc2noc(-c3ccc(Cl)cc3)c2C1. The molecule has 7 nitrogen and oxygen atoms in total. The minimum absolute atomic E-state index is 0.00167. The molecule has 2 amide bonds. The number of aromatic nitrogens is 1. The first-order valence-electron chi connectivity index (χ1n) is 12.2. The number of hydrogen-bond donors (Lipinski definition) is 0. The van der Waals surface area contributed by atoms with Gasteiger partial charge in [-0.05, 0) is 61.4 Å². The molecule has 1 aromatic heterocycles. The molecule has 2 fully saturated rings. The smallest absolute Gasteiger partial charge is 0.228 e. The highest BCUT2D eigenvalue weighted by molar-refractivity contribution is 6.30. The molecule has 1 unspecified atom stereocenters. The first-order chi connectivity index (χ1) is 17.1. The summed E-state index contributed by atoms with van der Waals surface area (Å²) < 4.78 is 5.64. The predicted octanol–water partition coefficient (Wildman–Crippen LogP) is 4.53. The highest BCUT2D eigenvalue weighted by Gasteiger charge is 2.39. The maximum atomic E-state index is 13.4. The van der Waals surface area contributed by atoms with Crippen molar-refractivity contribution in [2.75, 3.05) is 36.0 Å².